The second kappa shape index (κ2) is 6.42. The molecule has 0 spiro atoms. The molecule has 0 nitrogen and oxygen atoms in total. The minimum absolute atomic E-state index is 1.10. The van der Waals surface area contributed by atoms with E-state index in [4.69, 9.17) is 6.42 Å². The summed E-state index contributed by atoms with van der Waals surface area (Å²) in [5.74, 6) is 2.57. The maximum absolute atomic E-state index is 5.15. The highest BCUT2D eigenvalue weighted by atomic mass is 14.0. The predicted molar refractivity (Wildman–Crippen MR) is 46.7 cm³/mol. The molecule has 0 aromatic heterocycles. The molecule has 0 heteroatoms. The number of terminal acetylenes is 1. The number of hydrogen-bond donors (Lipinski definition) is 0. The first-order valence-electron chi connectivity index (χ1n) is 3.99. The van der Waals surface area contributed by atoms with Crippen LogP contribution in [0, 0.1) is 12.3 Å². The predicted octanol–water partition coefficient (Wildman–Crippen LogP) is 3.15. The highest BCUT2D eigenvalue weighted by molar-refractivity contribution is 5.16. The van der Waals surface area contributed by atoms with E-state index in [2.05, 4.69) is 19.8 Å². The van der Waals surface area contributed by atoms with E-state index in [9.17, 15) is 0 Å². The summed E-state index contributed by atoms with van der Waals surface area (Å²) in [7, 11) is 0. The van der Waals surface area contributed by atoms with Crippen molar-refractivity contribution in [2.24, 2.45) is 0 Å². The molecular weight excluding hydrogens is 120 g/mol. The largest absolute Gasteiger partial charge is 0.115 e. The minimum atomic E-state index is 1.10. The van der Waals surface area contributed by atoms with Crippen LogP contribution in [-0.4, -0.2) is 0 Å². The summed E-state index contributed by atoms with van der Waals surface area (Å²) < 4.78 is 0. The van der Waals surface area contributed by atoms with Crippen molar-refractivity contribution in [2.75, 3.05) is 0 Å². The van der Waals surface area contributed by atoms with Gasteiger partial charge in [0.1, 0.15) is 0 Å². The molecule has 0 aromatic carbocycles. The fourth-order valence-electron chi connectivity index (χ4n) is 0.873. The Morgan fingerprint density at radius 3 is 2.60 bits per heavy atom. The van der Waals surface area contributed by atoms with Gasteiger partial charge in [-0.05, 0) is 25.3 Å². The van der Waals surface area contributed by atoms with Crippen LogP contribution >= 0.6 is 0 Å². The van der Waals surface area contributed by atoms with Gasteiger partial charge in [-0.3, -0.25) is 0 Å². The molecule has 0 aromatic rings. The zero-order valence-electron chi connectivity index (χ0n) is 6.98. The smallest absolute Gasteiger partial charge is 0.0130 e. The molecule has 0 aliphatic carbocycles. The molecule has 0 aliphatic rings. The minimum Gasteiger partial charge on any atom is -0.115 e. The lowest BCUT2D eigenvalue weighted by atomic mass is 10.1. The number of hydrogen-bond acceptors (Lipinski definition) is 0. The van der Waals surface area contributed by atoms with Gasteiger partial charge in [0.2, 0.25) is 0 Å². The molecule has 0 heterocycles. The molecule has 0 saturated carbocycles. The molecular formula is C10H16. The molecule has 0 rings (SSSR count). The SMILES string of the molecule is C#C/C=C(\CC)CCCC. The third-order valence-corrected chi connectivity index (χ3v) is 1.59. The lowest BCUT2D eigenvalue weighted by Gasteiger charge is -1.99. The molecule has 0 amide bonds. The van der Waals surface area contributed by atoms with Gasteiger partial charge in [0.05, 0.1) is 0 Å². The monoisotopic (exact) mass is 136 g/mol. The van der Waals surface area contributed by atoms with Crippen LogP contribution in [0.3, 0.4) is 0 Å². The van der Waals surface area contributed by atoms with Crippen LogP contribution in [0.15, 0.2) is 11.6 Å². The van der Waals surface area contributed by atoms with Crippen molar-refractivity contribution in [3.8, 4) is 12.3 Å². The highest BCUT2D eigenvalue weighted by Gasteiger charge is 1.90. The Hall–Kier alpha value is -0.700. The van der Waals surface area contributed by atoms with E-state index in [-0.39, 0.29) is 0 Å². The van der Waals surface area contributed by atoms with E-state index in [1.807, 2.05) is 6.08 Å². The summed E-state index contributed by atoms with van der Waals surface area (Å²) in [5, 5.41) is 0. The summed E-state index contributed by atoms with van der Waals surface area (Å²) in [6, 6.07) is 0. The molecule has 0 radical (unpaired) electrons. The Labute approximate surface area is 64.3 Å². The van der Waals surface area contributed by atoms with Gasteiger partial charge in [0, 0.05) is 0 Å². The van der Waals surface area contributed by atoms with Gasteiger partial charge in [-0.1, -0.05) is 31.8 Å². The Bertz CT molecular complexity index is 135. The van der Waals surface area contributed by atoms with Gasteiger partial charge < -0.3 is 0 Å². The van der Waals surface area contributed by atoms with Crippen LogP contribution in [-0.2, 0) is 0 Å². The molecule has 0 saturated heterocycles. The van der Waals surface area contributed by atoms with Crippen molar-refractivity contribution < 1.29 is 0 Å². The van der Waals surface area contributed by atoms with Gasteiger partial charge >= 0.3 is 0 Å². The van der Waals surface area contributed by atoms with Crippen molar-refractivity contribution in [1.29, 1.82) is 0 Å². The fraction of sp³-hybridized carbons (Fsp3) is 0.600. The number of allylic oxidation sites excluding steroid dienone is 2. The molecule has 0 N–H and O–H groups in total. The Morgan fingerprint density at radius 1 is 1.50 bits per heavy atom. The van der Waals surface area contributed by atoms with Crippen LogP contribution in [0.2, 0.25) is 0 Å². The van der Waals surface area contributed by atoms with E-state index in [1.54, 1.807) is 0 Å². The zero-order chi connectivity index (χ0) is 7.82. The van der Waals surface area contributed by atoms with Crippen molar-refractivity contribution in [2.45, 2.75) is 39.5 Å². The lowest BCUT2D eigenvalue weighted by Crippen LogP contribution is -1.80. The highest BCUT2D eigenvalue weighted by Crippen LogP contribution is 2.09. The second-order valence-corrected chi connectivity index (χ2v) is 2.43. The van der Waals surface area contributed by atoms with Crippen molar-refractivity contribution in [3.63, 3.8) is 0 Å². The normalized spacial score (nSPS) is 11.1. The molecule has 0 aliphatic heterocycles. The van der Waals surface area contributed by atoms with E-state index in [0.717, 1.165) is 6.42 Å². The zero-order valence-corrected chi connectivity index (χ0v) is 6.98. The first-order valence-corrected chi connectivity index (χ1v) is 3.99. The van der Waals surface area contributed by atoms with Crippen LogP contribution in [0.1, 0.15) is 39.5 Å². The van der Waals surface area contributed by atoms with Gasteiger partial charge in [-0.2, -0.15) is 0 Å². The lowest BCUT2D eigenvalue weighted by molar-refractivity contribution is 0.767. The van der Waals surface area contributed by atoms with E-state index in [0.29, 0.717) is 0 Å². The Morgan fingerprint density at radius 2 is 2.20 bits per heavy atom. The summed E-state index contributed by atoms with van der Waals surface area (Å²) in [6.45, 7) is 4.35. The topological polar surface area (TPSA) is 0 Å². The van der Waals surface area contributed by atoms with Gasteiger partial charge in [0.25, 0.3) is 0 Å². The van der Waals surface area contributed by atoms with Crippen LogP contribution in [0.4, 0.5) is 0 Å². The quantitative estimate of drug-likeness (QED) is 0.521. The third-order valence-electron chi connectivity index (χ3n) is 1.59. The van der Waals surface area contributed by atoms with Crippen LogP contribution in [0.25, 0.3) is 0 Å². The average Bonchev–Trinajstić information content (AvgIpc) is 1.98. The molecule has 56 valence electrons. The van der Waals surface area contributed by atoms with Gasteiger partial charge in [-0.25, -0.2) is 0 Å². The maximum Gasteiger partial charge on any atom is -0.0130 e. The maximum atomic E-state index is 5.15. The van der Waals surface area contributed by atoms with Gasteiger partial charge in [0.15, 0.2) is 0 Å². The van der Waals surface area contributed by atoms with E-state index >= 15 is 0 Å². The molecule has 0 atom stereocenters. The van der Waals surface area contributed by atoms with Crippen LogP contribution < -0.4 is 0 Å². The number of unbranched alkanes of at least 4 members (excludes halogenated alkanes) is 1. The summed E-state index contributed by atoms with van der Waals surface area (Å²) in [5.41, 5.74) is 1.41. The molecule has 0 unspecified atom stereocenters. The van der Waals surface area contributed by atoms with Crippen molar-refractivity contribution in [3.05, 3.63) is 11.6 Å². The molecule has 0 fully saturated rings. The molecule has 0 bridgehead atoms. The summed E-state index contributed by atoms with van der Waals surface area (Å²) in [6.07, 6.45) is 11.8. The first kappa shape index (κ1) is 9.30. The third kappa shape index (κ3) is 4.21. The Balaban J connectivity index is 3.63. The Kier molecular flexibility index (Phi) is 5.97. The summed E-state index contributed by atoms with van der Waals surface area (Å²) >= 11 is 0. The van der Waals surface area contributed by atoms with E-state index < -0.39 is 0 Å². The van der Waals surface area contributed by atoms with E-state index in [1.165, 1.54) is 24.8 Å². The summed E-state index contributed by atoms with van der Waals surface area (Å²) in [4.78, 5) is 0. The van der Waals surface area contributed by atoms with Gasteiger partial charge in [-0.15, -0.1) is 6.42 Å². The first-order chi connectivity index (χ1) is 4.85. The number of rotatable bonds is 4. The van der Waals surface area contributed by atoms with Crippen LogP contribution in [0.5, 0.6) is 0 Å². The van der Waals surface area contributed by atoms with Crippen molar-refractivity contribution >= 4 is 0 Å². The fourth-order valence-corrected chi connectivity index (χ4v) is 0.873. The average molecular weight is 136 g/mol. The molecule has 10 heavy (non-hydrogen) atoms. The standard InChI is InChI=1S/C10H16/c1-4-7-9-10(6-3)8-5-2/h2,8H,4,6-7,9H2,1,3H3/b10-8+. The van der Waals surface area contributed by atoms with Crippen molar-refractivity contribution in [1.82, 2.24) is 0 Å². The second-order valence-electron chi connectivity index (χ2n) is 2.43.